The van der Waals surface area contributed by atoms with E-state index in [-0.39, 0.29) is 0 Å². The van der Waals surface area contributed by atoms with Crippen molar-refractivity contribution in [2.75, 3.05) is 19.0 Å². The fourth-order valence-electron chi connectivity index (χ4n) is 1.48. The molecule has 0 saturated carbocycles. The minimum atomic E-state index is -0.838. The predicted molar refractivity (Wildman–Crippen MR) is 68.0 cm³/mol. The first-order chi connectivity index (χ1) is 7.95. The van der Waals surface area contributed by atoms with Crippen LogP contribution in [0.15, 0.2) is 12.1 Å². The van der Waals surface area contributed by atoms with Crippen LogP contribution in [0.1, 0.15) is 12.5 Å². The smallest absolute Gasteiger partial charge is 0.308 e. The van der Waals surface area contributed by atoms with E-state index in [1.165, 1.54) is 0 Å². The summed E-state index contributed by atoms with van der Waals surface area (Å²) in [6, 6.07) is 3.52. The van der Waals surface area contributed by atoms with E-state index in [9.17, 15) is 4.79 Å². The van der Waals surface area contributed by atoms with Crippen LogP contribution in [0.2, 0.25) is 5.02 Å². The molecular formula is C12H16ClNO3. The van der Waals surface area contributed by atoms with Crippen LogP contribution >= 0.6 is 11.6 Å². The van der Waals surface area contributed by atoms with Crippen LogP contribution in [0.5, 0.6) is 5.75 Å². The number of anilines is 1. The fourth-order valence-corrected chi connectivity index (χ4v) is 1.76. The van der Waals surface area contributed by atoms with Gasteiger partial charge < -0.3 is 15.2 Å². The molecule has 0 saturated heterocycles. The third-order valence-electron chi connectivity index (χ3n) is 2.46. The van der Waals surface area contributed by atoms with Gasteiger partial charge in [-0.1, -0.05) is 18.5 Å². The number of methoxy groups -OCH3 is 1. The number of carboxylic acid groups (broad SMARTS) is 1. The molecule has 0 aliphatic carbocycles. The maximum absolute atomic E-state index is 10.7. The van der Waals surface area contributed by atoms with Gasteiger partial charge in [-0.25, -0.2) is 0 Å². The van der Waals surface area contributed by atoms with Crippen molar-refractivity contribution in [2.24, 2.45) is 5.92 Å². The Balaban J connectivity index is 2.86. The third kappa shape index (κ3) is 3.53. The summed E-state index contributed by atoms with van der Waals surface area (Å²) in [6.45, 7) is 3.85. The second-order valence-electron chi connectivity index (χ2n) is 3.92. The fraction of sp³-hybridized carbons (Fsp3) is 0.417. The average molecular weight is 258 g/mol. The number of carboxylic acids is 1. The molecule has 0 spiro atoms. The highest BCUT2D eigenvalue weighted by molar-refractivity contribution is 6.31. The lowest BCUT2D eigenvalue weighted by Crippen LogP contribution is -2.19. The van der Waals surface area contributed by atoms with Crippen molar-refractivity contribution >= 4 is 23.3 Å². The number of carbonyl (C=O) groups is 1. The molecule has 1 unspecified atom stereocenters. The Morgan fingerprint density at radius 1 is 1.59 bits per heavy atom. The molecule has 94 valence electrons. The third-order valence-corrected chi connectivity index (χ3v) is 2.68. The SMILES string of the molecule is COc1c(C)cc(Cl)cc1NCC(C)C(=O)O. The second-order valence-corrected chi connectivity index (χ2v) is 4.36. The van der Waals surface area contributed by atoms with E-state index in [1.807, 2.05) is 6.92 Å². The largest absolute Gasteiger partial charge is 0.494 e. The van der Waals surface area contributed by atoms with Crippen LogP contribution in [-0.2, 0) is 4.79 Å². The number of aryl methyl sites for hydroxylation is 1. The Hall–Kier alpha value is -1.42. The maximum Gasteiger partial charge on any atom is 0.308 e. The zero-order valence-corrected chi connectivity index (χ0v) is 10.8. The highest BCUT2D eigenvalue weighted by Gasteiger charge is 2.13. The normalized spacial score (nSPS) is 12.0. The van der Waals surface area contributed by atoms with Crippen molar-refractivity contribution in [2.45, 2.75) is 13.8 Å². The number of rotatable bonds is 5. The standard InChI is InChI=1S/C12H16ClNO3/c1-7-4-9(13)5-10(11(7)17-3)14-6-8(2)12(15)16/h4-5,8,14H,6H2,1-3H3,(H,15,16). The van der Waals surface area contributed by atoms with Crippen LogP contribution in [0, 0.1) is 12.8 Å². The van der Waals surface area contributed by atoms with Crippen molar-refractivity contribution in [1.82, 2.24) is 0 Å². The second kappa shape index (κ2) is 5.77. The summed E-state index contributed by atoms with van der Waals surface area (Å²) in [4.78, 5) is 10.7. The van der Waals surface area contributed by atoms with Gasteiger partial charge in [-0.05, 0) is 24.6 Å². The summed E-state index contributed by atoms with van der Waals surface area (Å²) in [5.41, 5.74) is 1.62. The van der Waals surface area contributed by atoms with E-state index in [1.54, 1.807) is 26.2 Å². The zero-order chi connectivity index (χ0) is 13.0. The van der Waals surface area contributed by atoms with Crippen molar-refractivity contribution in [3.63, 3.8) is 0 Å². The summed E-state index contributed by atoms with van der Waals surface area (Å²) < 4.78 is 5.26. The minimum Gasteiger partial charge on any atom is -0.494 e. The zero-order valence-electron chi connectivity index (χ0n) is 10.1. The van der Waals surface area contributed by atoms with Crippen LogP contribution in [0.25, 0.3) is 0 Å². The van der Waals surface area contributed by atoms with Gasteiger partial charge in [0.05, 0.1) is 18.7 Å². The molecule has 4 nitrogen and oxygen atoms in total. The number of ether oxygens (including phenoxy) is 1. The van der Waals surface area contributed by atoms with E-state index in [4.69, 9.17) is 21.4 Å². The van der Waals surface area contributed by atoms with Crippen molar-refractivity contribution in [3.8, 4) is 5.75 Å². The highest BCUT2D eigenvalue weighted by Crippen LogP contribution is 2.32. The summed E-state index contributed by atoms with van der Waals surface area (Å²) in [7, 11) is 1.57. The monoisotopic (exact) mass is 257 g/mol. The van der Waals surface area contributed by atoms with Gasteiger partial charge >= 0.3 is 5.97 Å². The molecule has 1 rings (SSSR count). The molecule has 0 amide bonds. The molecule has 17 heavy (non-hydrogen) atoms. The molecule has 0 aliphatic rings. The number of halogens is 1. The van der Waals surface area contributed by atoms with Gasteiger partial charge in [0, 0.05) is 11.6 Å². The van der Waals surface area contributed by atoms with Crippen molar-refractivity contribution in [3.05, 3.63) is 22.7 Å². The molecule has 0 aromatic heterocycles. The Bertz CT molecular complexity index is 420. The maximum atomic E-state index is 10.7. The first-order valence-corrected chi connectivity index (χ1v) is 5.64. The Morgan fingerprint density at radius 3 is 2.76 bits per heavy atom. The molecule has 0 fully saturated rings. The van der Waals surface area contributed by atoms with Crippen molar-refractivity contribution < 1.29 is 14.6 Å². The Labute approximate surface area is 106 Å². The molecule has 2 N–H and O–H groups in total. The van der Waals surface area contributed by atoms with Gasteiger partial charge in [0.2, 0.25) is 0 Å². The molecule has 0 heterocycles. The van der Waals surface area contributed by atoms with Gasteiger partial charge in [0.25, 0.3) is 0 Å². The molecule has 0 bridgehead atoms. The Kier molecular flexibility index (Phi) is 4.63. The number of hydrogen-bond donors (Lipinski definition) is 2. The minimum absolute atomic E-state index is 0.325. The van der Waals surface area contributed by atoms with Gasteiger partial charge in [0.15, 0.2) is 0 Å². The molecule has 1 aromatic carbocycles. The molecule has 5 heteroatoms. The van der Waals surface area contributed by atoms with E-state index in [0.29, 0.717) is 23.0 Å². The van der Waals surface area contributed by atoms with Crippen LogP contribution in [-0.4, -0.2) is 24.7 Å². The summed E-state index contributed by atoms with van der Waals surface area (Å²) >= 11 is 5.95. The molecule has 0 radical (unpaired) electrons. The first-order valence-electron chi connectivity index (χ1n) is 5.26. The Morgan fingerprint density at radius 2 is 2.24 bits per heavy atom. The van der Waals surface area contributed by atoms with Gasteiger partial charge in [-0.15, -0.1) is 0 Å². The van der Waals surface area contributed by atoms with Gasteiger partial charge in [0.1, 0.15) is 5.75 Å². The predicted octanol–water partition coefficient (Wildman–Crippen LogP) is 2.79. The lowest BCUT2D eigenvalue weighted by molar-refractivity contribution is -0.140. The van der Waals surface area contributed by atoms with E-state index in [0.717, 1.165) is 5.56 Å². The lowest BCUT2D eigenvalue weighted by atomic mass is 10.1. The number of benzene rings is 1. The van der Waals surface area contributed by atoms with Crippen LogP contribution < -0.4 is 10.1 Å². The van der Waals surface area contributed by atoms with Crippen LogP contribution in [0.3, 0.4) is 0 Å². The van der Waals surface area contributed by atoms with Gasteiger partial charge in [-0.3, -0.25) is 4.79 Å². The number of hydrogen-bond acceptors (Lipinski definition) is 3. The topological polar surface area (TPSA) is 58.6 Å². The first kappa shape index (κ1) is 13.6. The number of aliphatic carboxylic acids is 1. The molecule has 1 atom stereocenters. The quantitative estimate of drug-likeness (QED) is 0.852. The highest BCUT2D eigenvalue weighted by atomic mass is 35.5. The lowest BCUT2D eigenvalue weighted by Gasteiger charge is -2.15. The van der Waals surface area contributed by atoms with Crippen molar-refractivity contribution in [1.29, 1.82) is 0 Å². The van der Waals surface area contributed by atoms with Gasteiger partial charge in [-0.2, -0.15) is 0 Å². The summed E-state index contributed by atoms with van der Waals surface area (Å²) in [5, 5.41) is 12.4. The van der Waals surface area contributed by atoms with E-state index in [2.05, 4.69) is 5.32 Å². The molecule has 0 aliphatic heterocycles. The van der Waals surface area contributed by atoms with E-state index >= 15 is 0 Å². The molecular weight excluding hydrogens is 242 g/mol. The average Bonchev–Trinajstić information content (AvgIpc) is 2.24. The summed E-state index contributed by atoms with van der Waals surface area (Å²) in [5.74, 6) is -0.624. The van der Waals surface area contributed by atoms with E-state index < -0.39 is 11.9 Å². The number of nitrogens with one attached hydrogen (secondary N) is 1. The molecule has 1 aromatic rings. The van der Waals surface area contributed by atoms with Crippen LogP contribution in [0.4, 0.5) is 5.69 Å². The summed E-state index contributed by atoms with van der Waals surface area (Å²) in [6.07, 6.45) is 0.